The number of aryl methyl sites for hydroxylation is 1. The number of hydrogen-bond acceptors (Lipinski definition) is 2. The van der Waals surface area contributed by atoms with E-state index in [0.717, 1.165) is 22.4 Å². The standard InChI is InChI=1S/C11H9NO2/c13-10-6-5-9-11(12-10)7-3-1-2-4-8(7)14-9/h1-4H,5-6H2,(H,12,13). The smallest absolute Gasteiger partial charge is 0.224 e. The van der Waals surface area contributed by atoms with Gasteiger partial charge in [-0.2, -0.15) is 0 Å². The van der Waals surface area contributed by atoms with Crippen LogP contribution < -0.4 is 5.32 Å². The first kappa shape index (κ1) is 7.62. The van der Waals surface area contributed by atoms with Crippen LogP contribution in [-0.2, 0) is 11.2 Å². The number of carbonyl (C=O) groups is 1. The second kappa shape index (κ2) is 2.61. The van der Waals surface area contributed by atoms with Crippen LogP contribution in [-0.4, -0.2) is 5.91 Å². The van der Waals surface area contributed by atoms with E-state index in [0.29, 0.717) is 12.8 Å². The van der Waals surface area contributed by atoms with Crippen molar-refractivity contribution >= 4 is 22.6 Å². The highest BCUT2D eigenvalue weighted by molar-refractivity contribution is 6.03. The number of rotatable bonds is 0. The van der Waals surface area contributed by atoms with Crippen LogP contribution in [0.15, 0.2) is 28.7 Å². The van der Waals surface area contributed by atoms with Gasteiger partial charge in [0.2, 0.25) is 5.91 Å². The molecule has 3 heteroatoms. The lowest BCUT2D eigenvalue weighted by Gasteiger charge is -2.10. The molecule has 0 fully saturated rings. The zero-order valence-electron chi connectivity index (χ0n) is 7.54. The maximum Gasteiger partial charge on any atom is 0.224 e. The Kier molecular flexibility index (Phi) is 1.42. The van der Waals surface area contributed by atoms with Crippen molar-refractivity contribution in [1.29, 1.82) is 0 Å². The molecule has 14 heavy (non-hydrogen) atoms. The molecule has 1 aromatic carbocycles. The Balaban J connectivity index is 2.30. The van der Waals surface area contributed by atoms with Crippen molar-refractivity contribution in [1.82, 2.24) is 0 Å². The number of benzene rings is 1. The Bertz CT molecular complexity index is 513. The molecule has 70 valence electrons. The fourth-order valence-electron chi connectivity index (χ4n) is 1.84. The first-order valence-electron chi connectivity index (χ1n) is 4.65. The largest absolute Gasteiger partial charge is 0.459 e. The van der Waals surface area contributed by atoms with E-state index in [9.17, 15) is 4.79 Å². The zero-order valence-corrected chi connectivity index (χ0v) is 7.54. The highest BCUT2D eigenvalue weighted by Crippen LogP contribution is 2.33. The van der Waals surface area contributed by atoms with Crippen LogP contribution >= 0.6 is 0 Å². The van der Waals surface area contributed by atoms with Gasteiger partial charge in [-0.15, -0.1) is 0 Å². The SMILES string of the molecule is O=C1CCc2oc3ccccc3c2N1. The molecule has 2 heterocycles. The van der Waals surface area contributed by atoms with Crippen LogP contribution in [0, 0.1) is 0 Å². The van der Waals surface area contributed by atoms with Gasteiger partial charge in [0.05, 0.1) is 5.69 Å². The van der Waals surface area contributed by atoms with Crippen molar-refractivity contribution in [3.8, 4) is 0 Å². The first-order chi connectivity index (χ1) is 6.84. The summed E-state index contributed by atoms with van der Waals surface area (Å²) in [5.74, 6) is 0.967. The number of para-hydroxylation sites is 1. The molecule has 2 aromatic rings. The maximum atomic E-state index is 11.2. The van der Waals surface area contributed by atoms with Gasteiger partial charge in [-0.25, -0.2) is 0 Å². The van der Waals surface area contributed by atoms with E-state index in [4.69, 9.17) is 4.42 Å². The summed E-state index contributed by atoms with van der Waals surface area (Å²) in [4.78, 5) is 11.2. The van der Waals surface area contributed by atoms with Gasteiger partial charge < -0.3 is 9.73 Å². The summed E-state index contributed by atoms with van der Waals surface area (Å²) in [6.07, 6.45) is 1.22. The summed E-state index contributed by atoms with van der Waals surface area (Å²) in [5.41, 5.74) is 1.71. The summed E-state index contributed by atoms with van der Waals surface area (Å²) in [5, 5.41) is 3.85. The van der Waals surface area contributed by atoms with E-state index in [1.54, 1.807) is 0 Å². The quantitative estimate of drug-likeness (QED) is 0.687. The van der Waals surface area contributed by atoms with Gasteiger partial charge in [0.15, 0.2) is 0 Å². The van der Waals surface area contributed by atoms with Gasteiger partial charge in [0.25, 0.3) is 0 Å². The van der Waals surface area contributed by atoms with Gasteiger partial charge in [-0.05, 0) is 12.1 Å². The predicted octanol–water partition coefficient (Wildman–Crippen LogP) is 2.32. The third-order valence-corrected chi connectivity index (χ3v) is 2.51. The summed E-state index contributed by atoms with van der Waals surface area (Å²) >= 11 is 0. The Hall–Kier alpha value is -1.77. The fourth-order valence-corrected chi connectivity index (χ4v) is 1.84. The second-order valence-electron chi connectivity index (χ2n) is 3.44. The van der Waals surface area contributed by atoms with Crippen LogP contribution in [0.25, 0.3) is 11.0 Å². The summed E-state index contributed by atoms with van der Waals surface area (Å²) < 4.78 is 5.62. The normalized spacial score (nSPS) is 15.3. The molecule has 0 unspecified atom stereocenters. The minimum Gasteiger partial charge on any atom is -0.459 e. The molecular formula is C11H9NO2. The zero-order chi connectivity index (χ0) is 9.54. The number of furan rings is 1. The lowest BCUT2D eigenvalue weighted by molar-refractivity contribution is -0.116. The van der Waals surface area contributed by atoms with Crippen molar-refractivity contribution in [2.24, 2.45) is 0 Å². The molecule has 3 rings (SSSR count). The average Bonchev–Trinajstić information content (AvgIpc) is 2.56. The lowest BCUT2D eigenvalue weighted by Crippen LogP contribution is -2.17. The van der Waals surface area contributed by atoms with E-state index in [1.165, 1.54) is 0 Å². The van der Waals surface area contributed by atoms with Crippen LogP contribution in [0.4, 0.5) is 5.69 Å². The van der Waals surface area contributed by atoms with E-state index in [2.05, 4.69) is 5.32 Å². The molecule has 3 nitrogen and oxygen atoms in total. The Labute approximate surface area is 80.7 Å². The van der Waals surface area contributed by atoms with Crippen LogP contribution in [0.1, 0.15) is 12.2 Å². The van der Waals surface area contributed by atoms with Crippen molar-refractivity contribution in [2.75, 3.05) is 5.32 Å². The van der Waals surface area contributed by atoms with Crippen molar-refractivity contribution < 1.29 is 9.21 Å². The molecule has 0 bridgehead atoms. The number of carbonyl (C=O) groups excluding carboxylic acids is 1. The molecule has 1 aliphatic rings. The molecule has 0 saturated carbocycles. The number of amides is 1. The molecule has 0 saturated heterocycles. The first-order valence-corrected chi connectivity index (χ1v) is 4.65. The molecule has 0 spiro atoms. The fraction of sp³-hybridized carbons (Fsp3) is 0.182. The molecule has 0 aliphatic carbocycles. The van der Waals surface area contributed by atoms with E-state index < -0.39 is 0 Å². The molecule has 1 amide bonds. The highest BCUT2D eigenvalue weighted by Gasteiger charge is 2.20. The van der Waals surface area contributed by atoms with Crippen molar-refractivity contribution in [3.05, 3.63) is 30.0 Å². The highest BCUT2D eigenvalue weighted by atomic mass is 16.3. The predicted molar refractivity (Wildman–Crippen MR) is 53.2 cm³/mol. The van der Waals surface area contributed by atoms with Gasteiger partial charge in [0.1, 0.15) is 11.3 Å². The molecule has 1 aromatic heterocycles. The average molecular weight is 187 g/mol. The Morgan fingerprint density at radius 1 is 1.21 bits per heavy atom. The monoisotopic (exact) mass is 187 g/mol. The lowest BCUT2D eigenvalue weighted by atomic mass is 10.1. The molecule has 1 aliphatic heterocycles. The van der Waals surface area contributed by atoms with Crippen molar-refractivity contribution in [2.45, 2.75) is 12.8 Å². The van der Waals surface area contributed by atoms with Gasteiger partial charge in [-0.1, -0.05) is 12.1 Å². The third kappa shape index (κ3) is 0.954. The number of anilines is 1. The van der Waals surface area contributed by atoms with Gasteiger partial charge >= 0.3 is 0 Å². The van der Waals surface area contributed by atoms with Crippen LogP contribution in [0.2, 0.25) is 0 Å². The molecule has 0 radical (unpaired) electrons. The van der Waals surface area contributed by atoms with Gasteiger partial charge in [-0.3, -0.25) is 4.79 Å². The van der Waals surface area contributed by atoms with Crippen molar-refractivity contribution in [3.63, 3.8) is 0 Å². The van der Waals surface area contributed by atoms with E-state index in [-0.39, 0.29) is 5.91 Å². The number of fused-ring (bicyclic) bond motifs is 3. The minimum atomic E-state index is 0.0732. The summed E-state index contributed by atoms with van der Waals surface area (Å²) in [6, 6.07) is 7.75. The summed E-state index contributed by atoms with van der Waals surface area (Å²) in [7, 11) is 0. The molecule has 0 atom stereocenters. The Morgan fingerprint density at radius 2 is 2.07 bits per heavy atom. The number of nitrogens with one attached hydrogen (secondary N) is 1. The van der Waals surface area contributed by atoms with Gasteiger partial charge in [0, 0.05) is 18.2 Å². The minimum absolute atomic E-state index is 0.0732. The van der Waals surface area contributed by atoms with E-state index >= 15 is 0 Å². The van der Waals surface area contributed by atoms with E-state index in [1.807, 2.05) is 24.3 Å². The summed E-state index contributed by atoms with van der Waals surface area (Å²) in [6.45, 7) is 0. The number of hydrogen-bond donors (Lipinski definition) is 1. The Morgan fingerprint density at radius 3 is 3.00 bits per heavy atom. The topological polar surface area (TPSA) is 42.2 Å². The second-order valence-corrected chi connectivity index (χ2v) is 3.44. The van der Waals surface area contributed by atoms with Crippen LogP contribution in [0.3, 0.4) is 0 Å². The maximum absolute atomic E-state index is 11.2. The third-order valence-electron chi connectivity index (χ3n) is 2.51. The molecular weight excluding hydrogens is 178 g/mol. The van der Waals surface area contributed by atoms with Crippen LogP contribution in [0.5, 0.6) is 0 Å². The molecule has 1 N–H and O–H groups in total.